The second-order valence-electron chi connectivity index (χ2n) is 6.35. The Hall–Kier alpha value is -2.75. The van der Waals surface area contributed by atoms with Crippen LogP contribution >= 0.6 is 47.3 Å². The summed E-state index contributed by atoms with van der Waals surface area (Å²) in [6, 6.07) is -0.958. The lowest BCUT2D eigenvalue weighted by Gasteiger charge is -2.49. The number of aliphatic carboxylic acids is 1. The number of H-pyrrole nitrogens is 1. The lowest BCUT2D eigenvalue weighted by atomic mass is 10.0. The Morgan fingerprint density at radius 3 is 2.84 bits per heavy atom. The van der Waals surface area contributed by atoms with Crippen molar-refractivity contribution in [3.05, 3.63) is 39.6 Å². The number of amides is 2. The third-order valence-corrected chi connectivity index (χ3v) is 7.77. The lowest BCUT2D eigenvalue weighted by molar-refractivity contribution is -0.150. The predicted octanol–water partition coefficient (Wildman–Crippen LogP) is 0.678. The first-order valence-corrected chi connectivity index (χ1v) is 11.6. The molecule has 1 saturated heterocycles. The van der Waals surface area contributed by atoms with E-state index in [9.17, 15) is 24.7 Å². The second kappa shape index (κ2) is 9.81. The van der Waals surface area contributed by atoms with Crippen LogP contribution in [-0.2, 0) is 20.1 Å². The van der Waals surface area contributed by atoms with Gasteiger partial charge in [-0.25, -0.2) is 9.78 Å². The molecule has 0 aliphatic carbocycles. The minimum Gasteiger partial charge on any atom is -0.477 e. The van der Waals surface area contributed by atoms with E-state index < -0.39 is 29.2 Å². The minimum absolute atomic E-state index is 0. The zero-order chi connectivity index (χ0) is 22.1. The van der Waals surface area contributed by atoms with Crippen LogP contribution in [0.25, 0.3) is 0 Å². The van der Waals surface area contributed by atoms with E-state index in [1.54, 1.807) is 12.4 Å². The molecule has 4 heterocycles. The zero-order valence-electron chi connectivity index (χ0n) is 15.9. The number of hydrogen-bond donors (Lipinski definition) is 5. The fourth-order valence-corrected chi connectivity index (χ4v) is 6.15. The number of β-lactam (4-membered cyclic amide) rings is 1. The number of nitrogens with one attached hydrogen (secondary N) is 2. The summed E-state index contributed by atoms with van der Waals surface area (Å²) >= 11 is 3.73. The standard InChI is InChI=1S/C16H15N7O5S3.ClH/c17-16-20-7(4-31-16)9(22-28)12(24)21-10-13(25)23-11(15(26)27)8(5-30-14(10)23)29-3-6-1-18-19-2-6;/h1-2,4,10,14,28H,3,5H2,(H2,17,20)(H,18,19)(H,21,24)(H,26,27);1H/b22-9-;/t10-,14-;/m1./s1. The van der Waals surface area contributed by atoms with Crippen LogP contribution < -0.4 is 11.1 Å². The molecule has 2 aromatic heterocycles. The molecule has 2 amide bonds. The summed E-state index contributed by atoms with van der Waals surface area (Å²) in [6.07, 6.45) is 3.35. The van der Waals surface area contributed by atoms with Gasteiger partial charge < -0.3 is 21.4 Å². The fraction of sp³-hybridized carbons (Fsp3) is 0.250. The molecule has 170 valence electrons. The third kappa shape index (κ3) is 4.41. The fourth-order valence-electron chi connectivity index (χ4n) is 3.05. The summed E-state index contributed by atoms with van der Waals surface area (Å²) in [5, 5.41) is 32.0. The molecular formula is C16H16ClN7O5S3. The largest absolute Gasteiger partial charge is 0.477 e. The molecule has 2 aliphatic rings. The van der Waals surface area contributed by atoms with Crippen molar-refractivity contribution in [3.8, 4) is 0 Å². The van der Waals surface area contributed by atoms with E-state index in [2.05, 4.69) is 25.7 Å². The molecule has 4 rings (SSSR count). The molecule has 0 spiro atoms. The van der Waals surface area contributed by atoms with Gasteiger partial charge >= 0.3 is 5.97 Å². The van der Waals surface area contributed by atoms with Gasteiger partial charge in [0.2, 0.25) is 0 Å². The van der Waals surface area contributed by atoms with Gasteiger partial charge in [0.05, 0.1) is 6.20 Å². The van der Waals surface area contributed by atoms with Crippen LogP contribution in [0.5, 0.6) is 0 Å². The van der Waals surface area contributed by atoms with E-state index in [1.807, 2.05) is 0 Å². The van der Waals surface area contributed by atoms with Crippen LogP contribution in [0.1, 0.15) is 11.3 Å². The summed E-state index contributed by atoms with van der Waals surface area (Å²) in [7, 11) is 0. The van der Waals surface area contributed by atoms with Gasteiger partial charge in [0.25, 0.3) is 11.8 Å². The molecule has 0 bridgehead atoms. The summed E-state index contributed by atoms with van der Waals surface area (Å²) in [6.45, 7) is 0. The average molecular weight is 518 g/mol. The Morgan fingerprint density at radius 1 is 1.47 bits per heavy atom. The van der Waals surface area contributed by atoms with Crippen molar-refractivity contribution in [1.82, 2.24) is 25.4 Å². The van der Waals surface area contributed by atoms with Gasteiger partial charge in [-0.2, -0.15) is 5.10 Å². The smallest absolute Gasteiger partial charge is 0.353 e. The van der Waals surface area contributed by atoms with Crippen molar-refractivity contribution in [1.29, 1.82) is 0 Å². The maximum absolute atomic E-state index is 12.7. The molecular weight excluding hydrogens is 502 g/mol. The van der Waals surface area contributed by atoms with Crippen molar-refractivity contribution >= 4 is 75.9 Å². The first-order chi connectivity index (χ1) is 14.9. The summed E-state index contributed by atoms with van der Waals surface area (Å²) in [5.41, 5.74) is 6.04. The first kappa shape index (κ1) is 23.9. The van der Waals surface area contributed by atoms with E-state index in [-0.39, 0.29) is 34.6 Å². The monoisotopic (exact) mass is 517 g/mol. The Morgan fingerprint density at radius 2 is 2.25 bits per heavy atom. The summed E-state index contributed by atoms with van der Waals surface area (Å²) in [5.74, 6) is -1.71. The predicted molar refractivity (Wildman–Crippen MR) is 122 cm³/mol. The van der Waals surface area contributed by atoms with Crippen LogP contribution in [0.3, 0.4) is 0 Å². The number of aromatic amines is 1. The number of nitrogens with zero attached hydrogens (tertiary/aromatic N) is 4. The number of halogens is 1. The SMILES string of the molecule is Cl.Nc1nc(/C(=N/O)C(=O)N[C@@H]2C(=O)N3C(C(=O)O)=C(SCc4cn[nH]c4)CS[C@H]23)cs1. The van der Waals surface area contributed by atoms with Gasteiger partial charge in [-0.3, -0.25) is 19.6 Å². The number of carbonyl (C=O) groups excluding carboxylic acids is 2. The molecule has 2 aromatic rings. The van der Waals surface area contributed by atoms with Gasteiger partial charge in [0, 0.05) is 33.6 Å². The molecule has 32 heavy (non-hydrogen) atoms. The number of nitrogen functional groups attached to an aromatic ring is 1. The molecule has 6 N–H and O–H groups in total. The van der Waals surface area contributed by atoms with Crippen LogP contribution in [0.4, 0.5) is 5.13 Å². The maximum atomic E-state index is 12.7. The molecule has 2 aliphatic heterocycles. The average Bonchev–Trinajstić information content (AvgIpc) is 3.42. The molecule has 0 aromatic carbocycles. The highest BCUT2D eigenvalue weighted by atomic mass is 35.5. The Labute approximate surface area is 199 Å². The van der Waals surface area contributed by atoms with Crippen LogP contribution in [0.2, 0.25) is 0 Å². The lowest BCUT2D eigenvalue weighted by Crippen LogP contribution is -2.71. The molecule has 0 radical (unpaired) electrons. The quantitative estimate of drug-likeness (QED) is 0.151. The van der Waals surface area contributed by atoms with Crippen molar-refractivity contribution in [2.45, 2.75) is 17.2 Å². The van der Waals surface area contributed by atoms with Gasteiger partial charge in [0.1, 0.15) is 22.8 Å². The van der Waals surface area contributed by atoms with Crippen molar-refractivity contribution in [3.63, 3.8) is 0 Å². The maximum Gasteiger partial charge on any atom is 0.353 e. The molecule has 2 atom stereocenters. The van der Waals surface area contributed by atoms with Gasteiger partial charge in [-0.1, -0.05) is 5.16 Å². The number of nitrogens with two attached hydrogens (primary N) is 1. The van der Waals surface area contributed by atoms with E-state index >= 15 is 0 Å². The Balaban J connectivity index is 0.00000289. The van der Waals surface area contributed by atoms with E-state index in [0.29, 0.717) is 16.4 Å². The van der Waals surface area contributed by atoms with Crippen molar-refractivity contribution < 1.29 is 24.7 Å². The second-order valence-corrected chi connectivity index (χ2v) is 9.42. The summed E-state index contributed by atoms with van der Waals surface area (Å²) < 4.78 is 0. The Kier molecular flexibility index (Phi) is 7.33. The topological polar surface area (TPSA) is 187 Å². The Bertz CT molecular complexity index is 1100. The molecule has 0 saturated carbocycles. The van der Waals surface area contributed by atoms with Crippen LogP contribution in [0, 0.1) is 0 Å². The van der Waals surface area contributed by atoms with Crippen LogP contribution in [-0.4, -0.2) is 71.1 Å². The number of fused-ring (bicyclic) bond motifs is 1. The highest BCUT2D eigenvalue weighted by molar-refractivity contribution is 8.05. The van der Waals surface area contributed by atoms with Gasteiger partial charge in [0.15, 0.2) is 10.8 Å². The van der Waals surface area contributed by atoms with E-state index in [4.69, 9.17) is 5.73 Å². The highest BCUT2D eigenvalue weighted by Crippen LogP contribution is 2.44. The van der Waals surface area contributed by atoms with Gasteiger partial charge in [-0.05, 0) is 0 Å². The van der Waals surface area contributed by atoms with Crippen molar-refractivity contribution in [2.24, 2.45) is 5.16 Å². The number of thioether (sulfide) groups is 2. The van der Waals surface area contributed by atoms with E-state index in [0.717, 1.165) is 16.9 Å². The highest BCUT2D eigenvalue weighted by Gasteiger charge is 2.54. The van der Waals surface area contributed by atoms with E-state index in [1.165, 1.54) is 33.8 Å². The minimum atomic E-state index is -1.21. The number of carbonyl (C=O) groups is 3. The number of oxime groups is 1. The number of carboxylic acid groups (broad SMARTS) is 1. The number of thiazole rings is 1. The molecule has 1 fully saturated rings. The molecule has 16 heteroatoms. The number of rotatable bonds is 7. The number of anilines is 1. The number of aromatic nitrogens is 3. The molecule has 12 nitrogen and oxygen atoms in total. The van der Waals surface area contributed by atoms with Crippen LogP contribution in [0.15, 0.2) is 33.5 Å². The first-order valence-electron chi connectivity index (χ1n) is 8.66. The summed E-state index contributed by atoms with van der Waals surface area (Å²) in [4.78, 5) is 42.7. The van der Waals surface area contributed by atoms with Gasteiger partial charge in [-0.15, -0.1) is 47.3 Å². The number of carboxylic acids is 1. The zero-order valence-corrected chi connectivity index (χ0v) is 19.2. The van der Waals surface area contributed by atoms with Crippen molar-refractivity contribution in [2.75, 3.05) is 11.5 Å². The molecule has 0 unspecified atom stereocenters. The number of hydrogen-bond acceptors (Lipinski definition) is 11. The third-order valence-electron chi connectivity index (χ3n) is 4.47. The normalized spacial score (nSPS) is 20.3.